The van der Waals surface area contributed by atoms with E-state index < -0.39 is 12.6 Å². The Hall–Kier alpha value is -2.83. The third kappa shape index (κ3) is 4.41. The number of ether oxygens (including phenoxy) is 1. The third-order valence-corrected chi connectivity index (χ3v) is 3.88. The van der Waals surface area contributed by atoms with Gasteiger partial charge < -0.3 is 14.4 Å². The van der Waals surface area contributed by atoms with Gasteiger partial charge >= 0.3 is 5.97 Å². The second kappa shape index (κ2) is 8.03. The first-order valence-corrected chi connectivity index (χ1v) is 8.19. The van der Waals surface area contributed by atoms with Crippen LogP contribution in [0, 0.1) is 0 Å². The van der Waals surface area contributed by atoms with Gasteiger partial charge in [-0.15, -0.1) is 0 Å². The van der Waals surface area contributed by atoms with Crippen molar-refractivity contribution < 1.29 is 19.2 Å². The molecule has 0 aliphatic rings. The lowest BCUT2D eigenvalue weighted by Gasteiger charge is -2.03. The van der Waals surface area contributed by atoms with E-state index in [0.717, 1.165) is 5.56 Å². The van der Waals surface area contributed by atoms with E-state index in [0.29, 0.717) is 22.2 Å². The maximum Gasteiger partial charge on any atom is 0.341 e. The van der Waals surface area contributed by atoms with Crippen LogP contribution in [-0.2, 0) is 4.79 Å². The summed E-state index contributed by atoms with van der Waals surface area (Å²) in [6, 6.07) is 13.9. The number of nitrogens with zero attached hydrogens (tertiary/aromatic N) is 2. The molecule has 0 spiro atoms. The number of hydrogen-bond donors (Lipinski definition) is 1. The van der Waals surface area contributed by atoms with Crippen LogP contribution >= 0.6 is 23.2 Å². The summed E-state index contributed by atoms with van der Waals surface area (Å²) < 4.78 is 10.3. The third-order valence-electron chi connectivity index (χ3n) is 3.28. The lowest BCUT2D eigenvalue weighted by Crippen LogP contribution is -2.09. The van der Waals surface area contributed by atoms with E-state index in [4.69, 9.17) is 37.6 Å². The highest BCUT2D eigenvalue weighted by Gasteiger charge is 2.13. The van der Waals surface area contributed by atoms with Crippen LogP contribution in [0.1, 0.15) is 11.5 Å². The standard InChI is InChI=1S/C18H12Cl2N2O4/c19-14-4-2-1-3-13(14)17-21-18(26-22-17)15(20)9-11-5-7-12(8-6-11)25-10-16(23)24/h1-9H,10H2,(H,23,24)/b15-9-. The Labute approximate surface area is 158 Å². The van der Waals surface area contributed by atoms with Crippen LogP contribution in [0.3, 0.4) is 0 Å². The van der Waals surface area contributed by atoms with Gasteiger partial charge in [0.15, 0.2) is 6.61 Å². The molecule has 0 unspecified atom stereocenters. The summed E-state index contributed by atoms with van der Waals surface area (Å²) in [5, 5.41) is 13.3. The van der Waals surface area contributed by atoms with Crippen molar-refractivity contribution in [3.63, 3.8) is 0 Å². The zero-order valence-corrected chi connectivity index (χ0v) is 14.7. The normalized spacial score (nSPS) is 11.4. The first-order valence-electron chi connectivity index (χ1n) is 7.44. The Morgan fingerprint density at radius 2 is 1.92 bits per heavy atom. The van der Waals surface area contributed by atoms with E-state index in [1.54, 1.807) is 42.5 Å². The Kier molecular flexibility index (Phi) is 5.55. The first kappa shape index (κ1) is 18.0. The van der Waals surface area contributed by atoms with Gasteiger partial charge in [-0.3, -0.25) is 0 Å². The van der Waals surface area contributed by atoms with Gasteiger partial charge in [0.2, 0.25) is 5.82 Å². The summed E-state index contributed by atoms with van der Waals surface area (Å²) in [5.74, 6) is -0.0930. The summed E-state index contributed by atoms with van der Waals surface area (Å²) in [5.41, 5.74) is 1.41. The summed E-state index contributed by atoms with van der Waals surface area (Å²) in [6.45, 7) is -0.400. The number of rotatable bonds is 6. The molecule has 0 fully saturated rings. The molecule has 0 bridgehead atoms. The predicted octanol–water partition coefficient (Wildman–Crippen LogP) is 4.59. The Morgan fingerprint density at radius 3 is 2.62 bits per heavy atom. The van der Waals surface area contributed by atoms with E-state index in [1.807, 2.05) is 12.1 Å². The van der Waals surface area contributed by atoms with Crippen molar-refractivity contribution in [1.29, 1.82) is 0 Å². The molecule has 0 radical (unpaired) electrons. The average molecular weight is 391 g/mol. The van der Waals surface area contributed by atoms with Gasteiger partial charge in [-0.05, 0) is 35.9 Å². The monoisotopic (exact) mass is 390 g/mol. The maximum absolute atomic E-state index is 10.5. The highest BCUT2D eigenvalue weighted by Crippen LogP contribution is 2.28. The number of halogens is 2. The number of benzene rings is 2. The van der Waals surface area contributed by atoms with Crippen molar-refractivity contribution in [2.24, 2.45) is 0 Å². The number of hydrogen-bond acceptors (Lipinski definition) is 5. The molecule has 1 aromatic heterocycles. The molecule has 3 rings (SSSR count). The van der Waals surface area contributed by atoms with Crippen molar-refractivity contribution in [3.8, 4) is 17.1 Å². The van der Waals surface area contributed by atoms with Gasteiger partial charge in [-0.2, -0.15) is 4.98 Å². The van der Waals surface area contributed by atoms with E-state index in [-0.39, 0.29) is 10.9 Å². The summed E-state index contributed by atoms with van der Waals surface area (Å²) in [7, 11) is 0. The van der Waals surface area contributed by atoms with Crippen molar-refractivity contribution in [3.05, 3.63) is 65.0 Å². The van der Waals surface area contributed by atoms with Gasteiger partial charge in [-0.25, -0.2) is 4.79 Å². The topological polar surface area (TPSA) is 85.5 Å². The van der Waals surface area contributed by atoms with Crippen LogP contribution in [0.2, 0.25) is 5.02 Å². The van der Waals surface area contributed by atoms with Gasteiger partial charge in [0.1, 0.15) is 10.8 Å². The molecular formula is C18H12Cl2N2O4. The fourth-order valence-electron chi connectivity index (χ4n) is 2.09. The SMILES string of the molecule is O=C(O)COc1ccc(/C=C(\Cl)c2nc(-c3ccccc3Cl)no2)cc1. The van der Waals surface area contributed by atoms with E-state index in [9.17, 15) is 4.79 Å². The lowest BCUT2D eigenvalue weighted by atomic mass is 10.2. The van der Waals surface area contributed by atoms with Crippen LogP contribution in [0.15, 0.2) is 53.1 Å². The molecule has 6 nitrogen and oxygen atoms in total. The number of aliphatic carboxylic acids is 1. The first-order chi connectivity index (χ1) is 12.5. The smallest absolute Gasteiger partial charge is 0.341 e. The minimum atomic E-state index is -1.04. The van der Waals surface area contributed by atoms with Gasteiger partial charge in [0.25, 0.3) is 5.89 Å². The van der Waals surface area contributed by atoms with Crippen molar-refractivity contribution in [2.45, 2.75) is 0 Å². The molecule has 0 aliphatic carbocycles. The molecule has 0 saturated heterocycles. The molecule has 26 heavy (non-hydrogen) atoms. The molecule has 0 saturated carbocycles. The molecule has 0 atom stereocenters. The van der Waals surface area contributed by atoms with Crippen molar-refractivity contribution in [2.75, 3.05) is 6.61 Å². The van der Waals surface area contributed by atoms with Crippen LogP contribution in [0.5, 0.6) is 5.75 Å². The maximum atomic E-state index is 10.5. The summed E-state index contributed by atoms with van der Waals surface area (Å²) in [4.78, 5) is 14.7. The fourth-order valence-corrected chi connectivity index (χ4v) is 2.51. The molecule has 1 N–H and O–H groups in total. The quantitative estimate of drug-likeness (QED) is 0.662. The van der Waals surface area contributed by atoms with Gasteiger partial charge in [0, 0.05) is 5.56 Å². The molecule has 132 valence electrons. The summed E-state index contributed by atoms with van der Waals surface area (Å²) >= 11 is 12.4. The second-order valence-electron chi connectivity index (χ2n) is 5.15. The molecule has 0 amide bonds. The van der Waals surface area contributed by atoms with Crippen molar-refractivity contribution >= 4 is 40.3 Å². The number of carbonyl (C=O) groups is 1. The molecule has 3 aromatic rings. The molecule has 8 heteroatoms. The predicted molar refractivity (Wildman–Crippen MR) is 98.0 cm³/mol. The molecule has 2 aromatic carbocycles. The Morgan fingerprint density at radius 1 is 1.19 bits per heavy atom. The van der Waals surface area contributed by atoms with Crippen LogP contribution < -0.4 is 4.74 Å². The molecular weight excluding hydrogens is 379 g/mol. The molecule has 1 heterocycles. The Bertz CT molecular complexity index is 952. The van der Waals surface area contributed by atoms with Crippen molar-refractivity contribution in [1.82, 2.24) is 10.1 Å². The Balaban J connectivity index is 1.76. The number of aromatic nitrogens is 2. The minimum Gasteiger partial charge on any atom is -0.482 e. The highest BCUT2D eigenvalue weighted by molar-refractivity contribution is 6.50. The minimum absolute atomic E-state index is 0.160. The highest BCUT2D eigenvalue weighted by atomic mass is 35.5. The van der Waals surface area contributed by atoms with E-state index in [2.05, 4.69) is 10.1 Å². The number of carboxylic acid groups (broad SMARTS) is 1. The van der Waals surface area contributed by atoms with Crippen LogP contribution in [0.25, 0.3) is 22.5 Å². The van der Waals surface area contributed by atoms with Crippen LogP contribution in [-0.4, -0.2) is 27.8 Å². The van der Waals surface area contributed by atoms with E-state index in [1.165, 1.54) is 0 Å². The van der Waals surface area contributed by atoms with E-state index >= 15 is 0 Å². The van der Waals surface area contributed by atoms with Crippen LogP contribution in [0.4, 0.5) is 0 Å². The largest absolute Gasteiger partial charge is 0.482 e. The van der Waals surface area contributed by atoms with Gasteiger partial charge in [-0.1, -0.05) is 52.6 Å². The fraction of sp³-hybridized carbons (Fsp3) is 0.0556. The second-order valence-corrected chi connectivity index (χ2v) is 5.96. The lowest BCUT2D eigenvalue weighted by molar-refractivity contribution is -0.139. The summed E-state index contributed by atoms with van der Waals surface area (Å²) in [6.07, 6.45) is 1.65. The zero-order chi connectivity index (χ0) is 18.5. The average Bonchev–Trinajstić information content (AvgIpc) is 3.11. The molecule has 0 aliphatic heterocycles. The van der Waals surface area contributed by atoms with Gasteiger partial charge in [0.05, 0.1) is 5.02 Å². The number of carboxylic acids is 1. The zero-order valence-electron chi connectivity index (χ0n) is 13.2.